The van der Waals surface area contributed by atoms with Gasteiger partial charge in [0.25, 0.3) is 5.91 Å². The van der Waals surface area contributed by atoms with Crippen LogP contribution in [-0.2, 0) is 0 Å². The number of aromatic nitrogens is 3. The zero-order valence-corrected chi connectivity index (χ0v) is 14.5. The van der Waals surface area contributed by atoms with Gasteiger partial charge in [-0.15, -0.1) is 0 Å². The van der Waals surface area contributed by atoms with Gasteiger partial charge < -0.3 is 10.7 Å². The van der Waals surface area contributed by atoms with Crippen LogP contribution in [0.1, 0.15) is 29.8 Å². The number of fused-ring (bicyclic) bond motifs is 1. The van der Waals surface area contributed by atoms with E-state index in [2.05, 4.69) is 25.3 Å². The molecule has 8 heteroatoms. The maximum atomic E-state index is 12.3. The van der Waals surface area contributed by atoms with E-state index in [-0.39, 0.29) is 16.8 Å². The normalized spacial score (nSPS) is 11.9. The van der Waals surface area contributed by atoms with Crippen molar-refractivity contribution in [3.8, 4) is 0 Å². The fraction of sp³-hybridized carbons (Fsp3) is 0.176. The van der Waals surface area contributed by atoms with E-state index >= 15 is 0 Å². The number of hydrogen-bond acceptors (Lipinski definition) is 4. The number of aliphatic imine (C=N–C) groups is 1. The van der Waals surface area contributed by atoms with Crippen LogP contribution in [0.5, 0.6) is 0 Å². The molecule has 3 rings (SSSR count). The van der Waals surface area contributed by atoms with Crippen LogP contribution in [0.25, 0.3) is 11.0 Å². The van der Waals surface area contributed by atoms with Crippen molar-refractivity contribution in [2.75, 3.05) is 5.32 Å². The minimum absolute atomic E-state index is 0.108. The lowest BCUT2D eigenvalue weighted by Crippen LogP contribution is -2.15. The Morgan fingerprint density at radius 3 is 2.88 bits per heavy atom. The summed E-state index contributed by atoms with van der Waals surface area (Å²) in [7, 11) is 0. The lowest BCUT2D eigenvalue weighted by atomic mass is 10.2. The lowest BCUT2D eigenvalue weighted by molar-refractivity contribution is 0.102. The Bertz CT molecular complexity index is 963. The van der Waals surface area contributed by atoms with Gasteiger partial charge in [-0.05, 0) is 44.2 Å². The summed E-state index contributed by atoms with van der Waals surface area (Å²) in [4.78, 5) is 27.9. The standard InChI is InChI=1S/C17H17ClN6O/c1-9(2)21-15(19)10-5-6-12-13(8-10)23-17(22-12)24-16(25)11-4-3-7-20-14(11)18/h3-9H,1-2H3,(H2,19,21)(H2,22,23,24,25). The molecule has 0 aliphatic heterocycles. The van der Waals surface area contributed by atoms with Gasteiger partial charge in [0, 0.05) is 17.8 Å². The number of amidine groups is 1. The molecule has 0 aliphatic carbocycles. The third kappa shape index (κ3) is 3.77. The molecule has 1 amide bonds. The fourth-order valence-corrected chi connectivity index (χ4v) is 2.52. The largest absolute Gasteiger partial charge is 0.383 e. The van der Waals surface area contributed by atoms with E-state index in [9.17, 15) is 4.79 Å². The predicted octanol–water partition coefficient (Wildman–Crippen LogP) is 2.98. The molecule has 128 valence electrons. The Labute approximate surface area is 149 Å². The highest BCUT2D eigenvalue weighted by atomic mass is 35.5. The Hall–Kier alpha value is -2.93. The maximum absolute atomic E-state index is 12.3. The number of imidazole rings is 1. The summed E-state index contributed by atoms with van der Waals surface area (Å²) < 4.78 is 0. The first-order valence-corrected chi connectivity index (χ1v) is 8.07. The number of amides is 1. The van der Waals surface area contributed by atoms with E-state index in [4.69, 9.17) is 17.3 Å². The van der Waals surface area contributed by atoms with Crippen molar-refractivity contribution in [3.63, 3.8) is 0 Å². The number of nitrogens with two attached hydrogens (primary N) is 1. The van der Waals surface area contributed by atoms with Crippen LogP contribution >= 0.6 is 11.6 Å². The van der Waals surface area contributed by atoms with Crippen LogP contribution in [0.3, 0.4) is 0 Å². The van der Waals surface area contributed by atoms with Crippen LogP contribution < -0.4 is 11.1 Å². The molecule has 0 fully saturated rings. The van der Waals surface area contributed by atoms with Crippen LogP contribution in [0, 0.1) is 0 Å². The van der Waals surface area contributed by atoms with Gasteiger partial charge in [-0.2, -0.15) is 0 Å². The molecule has 25 heavy (non-hydrogen) atoms. The van der Waals surface area contributed by atoms with Crippen molar-refractivity contribution < 1.29 is 4.79 Å². The topological polar surface area (TPSA) is 109 Å². The third-order valence-corrected chi connectivity index (χ3v) is 3.71. The molecule has 3 aromatic rings. The van der Waals surface area contributed by atoms with Crippen molar-refractivity contribution in [2.45, 2.75) is 19.9 Å². The summed E-state index contributed by atoms with van der Waals surface area (Å²) in [6.45, 7) is 3.91. The minimum atomic E-state index is -0.390. The molecule has 7 nitrogen and oxygen atoms in total. The Kier molecular flexibility index (Phi) is 4.67. The molecule has 0 spiro atoms. The number of rotatable bonds is 4. The highest BCUT2D eigenvalue weighted by molar-refractivity contribution is 6.33. The van der Waals surface area contributed by atoms with Gasteiger partial charge in [0.05, 0.1) is 16.6 Å². The summed E-state index contributed by atoms with van der Waals surface area (Å²) in [5, 5.41) is 2.81. The van der Waals surface area contributed by atoms with E-state index < -0.39 is 5.91 Å². The van der Waals surface area contributed by atoms with Gasteiger partial charge in [0.1, 0.15) is 11.0 Å². The number of hydrogen-bond donors (Lipinski definition) is 3. The average Bonchev–Trinajstić information content (AvgIpc) is 2.95. The summed E-state index contributed by atoms with van der Waals surface area (Å²) in [6.07, 6.45) is 1.52. The first kappa shape index (κ1) is 16.9. The molecule has 2 heterocycles. The average molecular weight is 357 g/mol. The molecule has 0 atom stereocenters. The number of halogens is 1. The molecule has 0 saturated heterocycles. The molecule has 0 bridgehead atoms. The second-order valence-corrected chi connectivity index (χ2v) is 6.08. The summed E-state index contributed by atoms with van der Waals surface area (Å²) >= 11 is 5.93. The van der Waals surface area contributed by atoms with Gasteiger partial charge in [-0.25, -0.2) is 9.97 Å². The SMILES string of the molecule is CC(C)N=C(N)c1ccc2nc(NC(=O)c3cccnc3Cl)[nH]c2c1. The number of nitrogens with zero attached hydrogens (tertiary/aromatic N) is 3. The molecular weight excluding hydrogens is 340 g/mol. The van der Waals surface area contributed by atoms with Crippen molar-refractivity contribution in [1.29, 1.82) is 0 Å². The number of aromatic amines is 1. The van der Waals surface area contributed by atoms with E-state index in [0.717, 1.165) is 11.1 Å². The zero-order valence-electron chi connectivity index (χ0n) is 13.7. The van der Waals surface area contributed by atoms with Gasteiger partial charge >= 0.3 is 0 Å². The van der Waals surface area contributed by atoms with Crippen molar-refractivity contribution >= 4 is 40.3 Å². The number of pyridine rings is 1. The van der Waals surface area contributed by atoms with Crippen molar-refractivity contribution in [3.05, 3.63) is 52.8 Å². The highest BCUT2D eigenvalue weighted by Gasteiger charge is 2.13. The summed E-state index contributed by atoms with van der Waals surface area (Å²) in [6, 6.07) is 8.84. The van der Waals surface area contributed by atoms with E-state index in [1.165, 1.54) is 6.20 Å². The zero-order chi connectivity index (χ0) is 18.0. The van der Waals surface area contributed by atoms with E-state index in [1.807, 2.05) is 32.0 Å². The molecule has 2 aromatic heterocycles. The quantitative estimate of drug-likeness (QED) is 0.379. The van der Waals surface area contributed by atoms with E-state index in [1.54, 1.807) is 12.1 Å². The van der Waals surface area contributed by atoms with E-state index in [0.29, 0.717) is 17.3 Å². The molecule has 0 radical (unpaired) electrons. The van der Waals surface area contributed by atoms with Crippen molar-refractivity contribution in [2.24, 2.45) is 10.7 Å². The molecule has 0 aliphatic rings. The predicted molar refractivity (Wildman–Crippen MR) is 99.2 cm³/mol. The van der Waals surface area contributed by atoms with Crippen LogP contribution in [0.15, 0.2) is 41.5 Å². The number of benzene rings is 1. The van der Waals surface area contributed by atoms with Crippen LogP contribution in [0.4, 0.5) is 5.95 Å². The number of carbonyl (C=O) groups is 1. The minimum Gasteiger partial charge on any atom is -0.383 e. The molecule has 0 saturated carbocycles. The monoisotopic (exact) mass is 356 g/mol. The first-order chi connectivity index (χ1) is 11.9. The van der Waals surface area contributed by atoms with Crippen molar-refractivity contribution in [1.82, 2.24) is 15.0 Å². The van der Waals surface area contributed by atoms with Crippen LogP contribution in [-0.4, -0.2) is 32.7 Å². The number of carbonyl (C=O) groups excluding carboxylic acids is 1. The lowest BCUT2D eigenvalue weighted by Gasteiger charge is -2.03. The van der Waals surface area contributed by atoms with Gasteiger partial charge in [-0.3, -0.25) is 15.1 Å². The summed E-state index contributed by atoms with van der Waals surface area (Å²) in [5.74, 6) is 0.383. The maximum Gasteiger partial charge on any atom is 0.261 e. The molecule has 1 aromatic carbocycles. The number of nitrogens with one attached hydrogen (secondary N) is 2. The summed E-state index contributed by atoms with van der Waals surface area (Å²) in [5.41, 5.74) is 8.50. The second kappa shape index (κ2) is 6.90. The highest BCUT2D eigenvalue weighted by Crippen LogP contribution is 2.18. The molecular formula is C17H17ClN6O. The second-order valence-electron chi connectivity index (χ2n) is 5.72. The molecule has 0 unspecified atom stereocenters. The Morgan fingerprint density at radius 1 is 1.36 bits per heavy atom. The Balaban J connectivity index is 1.87. The Morgan fingerprint density at radius 2 is 2.16 bits per heavy atom. The first-order valence-electron chi connectivity index (χ1n) is 7.69. The van der Waals surface area contributed by atoms with Gasteiger partial charge in [0.15, 0.2) is 0 Å². The van der Waals surface area contributed by atoms with Gasteiger partial charge in [0.2, 0.25) is 5.95 Å². The number of H-pyrrole nitrogens is 1. The molecule has 4 N–H and O–H groups in total. The third-order valence-electron chi connectivity index (χ3n) is 3.41. The smallest absolute Gasteiger partial charge is 0.261 e. The number of anilines is 1. The fourth-order valence-electron chi connectivity index (χ4n) is 2.31. The van der Waals surface area contributed by atoms with Crippen LogP contribution in [0.2, 0.25) is 5.15 Å². The van der Waals surface area contributed by atoms with Gasteiger partial charge in [-0.1, -0.05) is 11.6 Å².